The number of piperazine rings is 1. The molecule has 2 N–H and O–H groups in total. The van der Waals surface area contributed by atoms with Crippen molar-refractivity contribution in [3.8, 4) is 17.2 Å². The zero-order chi connectivity index (χ0) is 20.8. The Morgan fingerprint density at radius 3 is 2.34 bits per heavy atom. The van der Waals surface area contributed by atoms with Gasteiger partial charge in [0.2, 0.25) is 5.75 Å². The molecule has 1 amide bonds. The average molecular weight is 408 g/mol. The molecule has 3 rings (SSSR count). The van der Waals surface area contributed by atoms with Crippen molar-refractivity contribution in [1.29, 1.82) is 0 Å². The molecule has 162 valence electrons. The van der Waals surface area contributed by atoms with Crippen LogP contribution in [-0.4, -0.2) is 77.9 Å². The number of nitrogens with one attached hydrogen (secondary N) is 2. The Hall–Kier alpha value is -1.99. The second-order valence-electron chi connectivity index (χ2n) is 8.43. The molecule has 7 nitrogen and oxygen atoms in total. The lowest BCUT2D eigenvalue weighted by Crippen LogP contribution is -3.28. The van der Waals surface area contributed by atoms with E-state index < -0.39 is 0 Å². The van der Waals surface area contributed by atoms with Gasteiger partial charge < -0.3 is 28.9 Å². The predicted octanol–water partition coefficient (Wildman–Crippen LogP) is -0.746. The first-order valence-corrected chi connectivity index (χ1v) is 10.8. The Kier molecular flexibility index (Phi) is 7.61. The van der Waals surface area contributed by atoms with Crippen molar-refractivity contribution < 1.29 is 28.8 Å². The lowest BCUT2D eigenvalue weighted by Gasteiger charge is -2.34. The van der Waals surface area contributed by atoms with Crippen LogP contribution in [-0.2, 0) is 11.3 Å². The highest BCUT2D eigenvalue weighted by Crippen LogP contribution is 2.39. The van der Waals surface area contributed by atoms with Crippen molar-refractivity contribution in [2.75, 3.05) is 67.1 Å². The fourth-order valence-electron chi connectivity index (χ4n) is 4.62. The molecule has 2 heterocycles. The van der Waals surface area contributed by atoms with Gasteiger partial charge in [-0.1, -0.05) is 6.92 Å². The molecule has 0 unspecified atom stereocenters. The van der Waals surface area contributed by atoms with Gasteiger partial charge in [0.25, 0.3) is 5.91 Å². The molecule has 2 fully saturated rings. The average Bonchev–Trinajstić information content (AvgIpc) is 2.74. The van der Waals surface area contributed by atoms with Crippen molar-refractivity contribution in [3.63, 3.8) is 0 Å². The zero-order valence-electron chi connectivity index (χ0n) is 18.4. The van der Waals surface area contributed by atoms with Gasteiger partial charge in [0.15, 0.2) is 18.0 Å². The predicted molar refractivity (Wildman–Crippen MR) is 111 cm³/mol. The van der Waals surface area contributed by atoms with E-state index in [1.54, 1.807) is 21.3 Å². The lowest BCUT2D eigenvalue weighted by molar-refractivity contribution is -1.02. The number of amides is 1. The second kappa shape index (κ2) is 10.2. The SMILES string of the molecule is COc1ccc(C[NH+]2CC[NH+](CC(=O)N3CCC[C@@H](C)C3)CC2)c(OC)c1OC. The number of piperidine rings is 1. The summed E-state index contributed by atoms with van der Waals surface area (Å²) in [5.41, 5.74) is 1.13. The van der Waals surface area contributed by atoms with Crippen LogP contribution in [0.4, 0.5) is 0 Å². The second-order valence-corrected chi connectivity index (χ2v) is 8.43. The van der Waals surface area contributed by atoms with E-state index in [-0.39, 0.29) is 0 Å². The molecule has 2 aliphatic heterocycles. The third-order valence-corrected chi connectivity index (χ3v) is 6.30. The highest BCUT2D eigenvalue weighted by molar-refractivity contribution is 5.77. The zero-order valence-corrected chi connectivity index (χ0v) is 18.4. The van der Waals surface area contributed by atoms with Crippen LogP contribution in [0.1, 0.15) is 25.3 Å². The van der Waals surface area contributed by atoms with Gasteiger partial charge in [0.05, 0.1) is 26.9 Å². The van der Waals surface area contributed by atoms with E-state index in [0.29, 0.717) is 29.9 Å². The quantitative estimate of drug-likeness (QED) is 0.625. The van der Waals surface area contributed by atoms with Gasteiger partial charge in [-0.3, -0.25) is 4.79 Å². The number of hydrogen-bond acceptors (Lipinski definition) is 4. The van der Waals surface area contributed by atoms with Crippen LogP contribution in [0.5, 0.6) is 17.2 Å². The number of benzene rings is 1. The van der Waals surface area contributed by atoms with Gasteiger partial charge in [-0.05, 0) is 30.9 Å². The normalized spacial score (nSPS) is 24.8. The van der Waals surface area contributed by atoms with Crippen LogP contribution in [0, 0.1) is 5.92 Å². The summed E-state index contributed by atoms with van der Waals surface area (Å²) in [6.07, 6.45) is 2.39. The van der Waals surface area contributed by atoms with E-state index in [1.165, 1.54) is 16.2 Å². The Bertz CT molecular complexity index is 689. The Morgan fingerprint density at radius 2 is 1.72 bits per heavy atom. The summed E-state index contributed by atoms with van der Waals surface area (Å²) in [4.78, 5) is 17.7. The highest BCUT2D eigenvalue weighted by atomic mass is 16.5. The molecular formula is C22H37N3O4+2. The maximum absolute atomic E-state index is 12.7. The smallest absolute Gasteiger partial charge is 0.277 e. The third kappa shape index (κ3) is 5.34. The summed E-state index contributed by atoms with van der Waals surface area (Å²) in [7, 11) is 4.95. The fourth-order valence-corrected chi connectivity index (χ4v) is 4.62. The number of ether oxygens (including phenoxy) is 3. The van der Waals surface area contributed by atoms with E-state index in [1.807, 2.05) is 6.07 Å². The van der Waals surface area contributed by atoms with Gasteiger partial charge in [0.1, 0.15) is 32.7 Å². The summed E-state index contributed by atoms with van der Waals surface area (Å²) in [5, 5.41) is 0. The number of nitrogens with zero attached hydrogens (tertiary/aromatic N) is 1. The van der Waals surface area contributed by atoms with Gasteiger partial charge in [-0.2, -0.15) is 0 Å². The molecule has 0 saturated carbocycles. The van der Waals surface area contributed by atoms with Crippen LogP contribution in [0.25, 0.3) is 0 Å². The monoisotopic (exact) mass is 407 g/mol. The number of likely N-dealkylation sites (tertiary alicyclic amines) is 1. The van der Waals surface area contributed by atoms with Gasteiger partial charge in [-0.15, -0.1) is 0 Å². The first-order chi connectivity index (χ1) is 14.0. The van der Waals surface area contributed by atoms with E-state index in [2.05, 4.69) is 17.9 Å². The van der Waals surface area contributed by atoms with Crippen molar-refractivity contribution in [1.82, 2.24) is 4.90 Å². The van der Waals surface area contributed by atoms with E-state index in [4.69, 9.17) is 14.2 Å². The third-order valence-electron chi connectivity index (χ3n) is 6.30. The molecule has 7 heteroatoms. The summed E-state index contributed by atoms with van der Waals surface area (Å²) in [6.45, 7) is 9.80. The molecule has 0 aliphatic carbocycles. The standard InChI is InChI=1S/C22H35N3O4/c1-17-6-5-9-25(14-17)20(26)16-24-12-10-23(11-13-24)15-18-7-8-19(27-2)22(29-4)21(18)28-3/h7-8,17H,5-6,9-16H2,1-4H3/p+2/t17-/m1/s1. The molecule has 1 atom stereocenters. The van der Waals surface area contributed by atoms with Crippen molar-refractivity contribution in [2.45, 2.75) is 26.3 Å². The van der Waals surface area contributed by atoms with E-state index in [0.717, 1.165) is 63.5 Å². The number of hydrogen-bond donors (Lipinski definition) is 2. The van der Waals surface area contributed by atoms with Crippen molar-refractivity contribution >= 4 is 5.91 Å². The number of rotatable bonds is 7. The molecule has 2 aliphatic rings. The number of methoxy groups -OCH3 is 3. The van der Waals surface area contributed by atoms with Crippen LogP contribution >= 0.6 is 0 Å². The number of carbonyl (C=O) groups is 1. The Morgan fingerprint density at radius 1 is 1.03 bits per heavy atom. The molecule has 0 spiro atoms. The molecule has 29 heavy (non-hydrogen) atoms. The van der Waals surface area contributed by atoms with E-state index >= 15 is 0 Å². The van der Waals surface area contributed by atoms with E-state index in [9.17, 15) is 4.79 Å². The minimum Gasteiger partial charge on any atom is -0.493 e. The summed E-state index contributed by atoms with van der Waals surface area (Å²) in [6, 6.07) is 4.00. The lowest BCUT2D eigenvalue weighted by atomic mass is 10.0. The van der Waals surface area contributed by atoms with Gasteiger partial charge >= 0.3 is 0 Å². The molecule has 0 radical (unpaired) electrons. The summed E-state index contributed by atoms with van der Waals surface area (Å²) >= 11 is 0. The molecule has 0 bridgehead atoms. The Balaban J connectivity index is 1.53. The first kappa shape index (κ1) is 21.7. The summed E-state index contributed by atoms with van der Waals surface area (Å²) < 4.78 is 16.5. The minimum atomic E-state index is 0.330. The Labute approximate surface area is 174 Å². The van der Waals surface area contributed by atoms with Gasteiger partial charge in [0, 0.05) is 13.1 Å². The maximum atomic E-state index is 12.7. The molecule has 0 aromatic heterocycles. The van der Waals surface area contributed by atoms with Crippen LogP contribution < -0.4 is 24.0 Å². The maximum Gasteiger partial charge on any atom is 0.277 e. The topological polar surface area (TPSA) is 56.9 Å². The van der Waals surface area contributed by atoms with Crippen molar-refractivity contribution in [2.24, 2.45) is 5.92 Å². The molecule has 2 saturated heterocycles. The minimum absolute atomic E-state index is 0.330. The van der Waals surface area contributed by atoms with Gasteiger partial charge in [-0.25, -0.2) is 0 Å². The fraction of sp³-hybridized carbons (Fsp3) is 0.682. The van der Waals surface area contributed by atoms with Crippen molar-refractivity contribution in [3.05, 3.63) is 17.7 Å². The first-order valence-electron chi connectivity index (χ1n) is 10.8. The molecule has 1 aromatic rings. The highest BCUT2D eigenvalue weighted by Gasteiger charge is 2.29. The number of quaternary nitrogens is 2. The number of carbonyl (C=O) groups excluding carboxylic acids is 1. The molecular weight excluding hydrogens is 370 g/mol. The van der Waals surface area contributed by atoms with Crippen LogP contribution in [0.2, 0.25) is 0 Å². The van der Waals surface area contributed by atoms with Crippen LogP contribution in [0.15, 0.2) is 12.1 Å². The van der Waals surface area contributed by atoms with Crippen LogP contribution in [0.3, 0.4) is 0 Å². The largest absolute Gasteiger partial charge is 0.493 e. The molecule has 1 aromatic carbocycles. The summed E-state index contributed by atoms with van der Waals surface area (Å²) in [5.74, 6) is 3.06.